The summed E-state index contributed by atoms with van der Waals surface area (Å²) in [6.07, 6.45) is 4.57. The number of nitrogens with zero attached hydrogens (tertiary/aromatic N) is 3. The topological polar surface area (TPSA) is 63.7 Å². The molecule has 114 valence electrons. The second kappa shape index (κ2) is 6.05. The van der Waals surface area contributed by atoms with Crippen LogP contribution in [-0.4, -0.2) is 20.2 Å². The number of hydrogen-bond acceptors (Lipinski definition) is 4. The fourth-order valence-electron chi connectivity index (χ4n) is 2.09. The highest BCUT2D eigenvalue weighted by Gasteiger charge is 2.11. The second-order valence-electron chi connectivity index (χ2n) is 4.87. The molecule has 0 aliphatic carbocycles. The van der Waals surface area contributed by atoms with Gasteiger partial charge < -0.3 is 4.74 Å². The summed E-state index contributed by atoms with van der Waals surface area (Å²) in [6, 6.07) is 3.00. The van der Waals surface area contributed by atoms with Gasteiger partial charge in [-0.2, -0.15) is 10.1 Å². The Morgan fingerprint density at radius 1 is 1.27 bits per heavy atom. The van der Waals surface area contributed by atoms with E-state index in [1.165, 1.54) is 6.07 Å². The van der Waals surface area contributed by atoms with Gasteiger partial charge in [-0.25, -0.2) is 13.8 Å². The molecular formula is C15H14F2N4O. The number of nitrogens with one attached hydrogen (secondary N) is 1. The van der Waals surface area contributed by atoms with E-state index in [0.717, 1.165) is 42.5 Å². The summed E-state index contributed by atoms with van der Waals surface area (Å²) < 4.78 is 31.7. The third-order valence-electron chi connectivity index (χ3n) is 3.24. The van der Waals surface area contributed by atoms with E-state index >= 15 is 0 Å². The lowest BCUT2D eigenvalue weighted by molar-refractivity contribution is 0.409. The van der Waals surface area contributed by atoms with Crippen LogP contribution in [0.1, 0.15) is 25.5 Å². The summed E-state index contributed by atoms with van der Waals surface area (Å²) in [4.78, 5) is 8.18. The van der Waals surface area contributed by atoms with Crippen molar-refractivity contribution >= 4 is 11.0 Å². The van der Waals surface area contributed by atoms with Crippen LogP contribution in [0.25, 0.3) is 11.0 Å². The SMILES string of the molecule is CCCCc1[nH]nc2nc(Oc3ccc(F)cc3F)ncc12. The van der Waals surface area contributed by atoms with Crippen molar-refractivity contribution in [2.24, 2.45) is 0 Å². The Labute approximate surface area is 125 Å². The van der Waals surface area contributed by atoms with E-state index in [9.17, 15) is 8.78 Å². The smallest absolute Gasteiger partial charge is 0.324 e. The zero-order chi connectivity index (χ0) is 15.5. The van der Waals surface area contributed by atoms with Crippen LogP contribution in [0, 0.1) is 11.6 Å². The number of ether oxygens (including phenoxy) is 1. The number of halogens is 2. The van der Waals surface area contributed by atoms with E-state index in [0.29, 0.717) is 5.65 Å². The number of aromatic nitrogens is 4. The van der Waals surface area contributed by atoms with Gasteiger partial charge in [0.15, 0.2) is 17.2 Å². The van der Waals surface area contributed by atoms with E-state index < -0.39 is 11.6 Å². The first-order valence-electron chi connectivity index (χ1n) is 7.00. The van der Waals surface area contributed by atoms with Crippen molar-refractivity contribution in [2.75, 3.05) is 0 Å². The molecule has 3 rings (SSSR count). The average Bonchev–Trinajstić information content (AvgIpc) is 2.90. The Morgan fingerprint density at radius 2 is 2.14 bits per heavy atom. The number of H-pyrrole nitrogens is 1. The summed E-state index contributed by atoms with van der Waals surface area (Å²) in [6.45, 7) is 2.11. The van der Waals surface area contributed by atoms with Crippen LogP contribution in [0.3, 0.4) is 0 Å². The maximum absolute atomic E-state index is 13.6. The van der Waals surface area contributed by atoms with Crippen LogP contribution in [0.5, 0.6) is 11.8 Å². The first kappa shape index (κ1) is 14.4. The molecule has 1 N–H and O–H groups in total. The van der Waals surface area contributed by atoms with E-state index in [1.807, 2.05) is 0 Å². The number of fused-ring (bicyclic) bond motifs is 1. The van der Waals surface area contributed by atoms with Crippen LogP contribution in [-0.2, 0) is 6.42 Å². The molecule has 22 heavy (non-hydrogen) atoms. The lowest BCUT2D eigenvalue weighted by atomic mass is 10.2. The van der Waals surface area contributed by atoms with E-state index in [1.54, 1.807) is 6.20 Å². The van der Waals surface area contributed by atoms with Gasteiger partial charge in [0.25, 0.3) is 0 Å². The van der Waals surface area contributed by atoms with Crippen molar-refractivity contribution in [3.05, 3.63) is 41.7 Å². The van der Waals surface area contributed by atoms with Crippen molar-refractivity contribution < 1.29 is 13.5 Å². The van der Waals surface area contributed by atoms with Crippen molar-refractivity contribution in [2.45, 2.75) is 26.2 Å². The Balaban J connectivity index is 1.86. The Bertz CT molecular complexity index is 803. The van der Waals surface area contributed by atoms with Gasteiger partial charge >= 0.3 is 6.01 Å². The normalized spacial score (nSPS) is 11.0. The molecule has 0 aliphatic heterocycles. The molecule has 0 spiro atoms. The van der Waals surface area contributed by atoms with Crippen molar-refractivity contribution in [3.63, 3.8) is 0 Å². The summed E-state index contributed by atoms with van der Waals surface area (Å²) in [5.74, 6) is -1.62. The number of aromatic amines is 1. The zero-order valence-electron chi connectivity index (χ0n) is 11.9. The molecule has 5 nitrogen and oxygen atoms in total. The molecule has 0 bridgehead atoms. The number of rotatable bonds is 5. The van der Waals surface area contributed by atoms with Crippen LogP contribution in [0.2, 0.25) is 0 Å². The summed E-state index contributed by atoms with van der Waals surface area (Å²) in [7, 11) is 0. The van der Waals surface area contributed by atoms with E-state index in [-0.39, 0.29) is 11.8 Å². The van der Waals surface area contributed by atoms with Crippen molar-refractivity contribution in [3.8, 4) is 11.8 Å². The van der Waals surface area contributed by atoms with Gasteiger partial charge in [-0.1, -0.05) is 13.3 Å². The predicted molar refractivity (Wildman–Crippen MR) is 76.7 cm³/mol. The largest absolute Gasteiger partial charge is 0.421 e. The van der Waals surface area contributed by atoms with Gasteiger partial charge in [0.05, 0.1) is 5.39 Å². The molecule has 3 aromatic rings. The van der Waals surface area contributed by atoms with Gasteiger partial charge in [0.2, 0.25) is 0 Å². The fourth-order valence-corrected chi connectivity index (χ4v) is 2.09. The highest BCUT2D eigenvalue weighted by Crippen LogP contribution is 2.24. The molecule has 0 atom stereocenters. The fraction of sp³-hybridized carbons (Fsp3) is 0.267. The van der Waals surface area contributed by atoms with E-state index in [2.05, 4.69) is 27.1 Å². The molecule has 0 aliphatic rings. The summed E-state index contributed by atoms with van der Waals surface area (Å²) in [5, 5.41) is 7.85. The molecular weight excluding hydrogens is 290 g/mol. The maximum Gasteiger partial charge on any atom is 0.324 e. The van der Waals surface area contributed by atoms with Gasteiger partial charge in [-0.05, 0) is 25.0 Å². The van der Waals surface area contributed by atoms with Crippen molar-refractivity contribution in [1.82, 2.24) is 20.2 Å². The lowest BCUT2D eigenvalue weighted by Crippen LogP contribution is -1.95. The van der Waals surface area contributed by atoms with Crippen LogP contribution in [0.4, 0.5) is 8.78 Å². The second-order valence-corrected chi connectivity index (χ2v) is 4.87. The highest BCUT2D eigenvalue weighted by molar-refractivity contribution is 5.76. The third kappa shape index (κ3) is 2.88. The molecule has 0 amide bonds. The Morgan fingerprint density at radius 3 is 2.91 bits per heavy atom. The molecule has 0 fully saturated rings. The number of unbranched alkanes of at least 4 members (excludes halogenated alkanes) is 1. The first-order chi connectivity index (χ1) is 10.7. The molecule has 0 radical (unpaired) electrons. The van der Waals surface area contributed by atoms with Crippen molar-refractivity contribution in [1.29, 1.82) is 0 Å². The lowest BCUT2D eigenvalue weighted by Gasteiger charge is -2.04. The molecule has 7 heteroatoms. The average molecular weight is 304 g/mol. The number of benzene rings is 1. The molecule has 0 saturated carbocycles. The zero-order valence-corrected chi connectivity index (χ0v) is 11.9. The first-order valence-corrected chi connectivity index (χ1v) is 7.00. The molecule has 2 aromatic heterocycles. The third-order valence-corrected chi connectivity index (χ3v) is 3.24. The molecule has 2 heterocycles. The van der Waals surface area contributed by atoms with Crippen LogP contribution < -0.4 is 4.74 Å². The summed E-state index contributed by atoms with van der Waals surface area (Å²) >= 11 is 0. The Kier molecular flexibility index (Phi) is 3.95. The Hall–Kier alpha value is -2.57. The number of aryl methyl sites for hydroxylation is 1. The molecule has 0 unspecified atom stereocenters. The predicted octanol–water partition coefficient (Wildman–Crippen LogP) is 3.77. The summed E-state index contributed by atoms with van der Waals surface area (Å²) in [5.41, 5.74) is 1.43. The standard InChI is InChI=1S/C15H14F2N4O/c1-2-3-4-12-10-8-18-15(19-14(10)21-20-12)22-13-6-5-9(16)7-11(13)17/h5-8H,2-4H2,1H3,(H,18,19,20,21). The number of hydrogen-bond donors (Lipinski definition) is 1. The van der Waals surface area contributed by atoms with Crippen LogP contribution >= 0.6 is 0 Å². The van der Waals surface area contributed by atoms with E-state index in [4.69, 9.17) is 4.74 Å². The van der Waals surface area contributed by atoms with Gasteiger partial charge in [-0.15, -0.1) is 0 Å². The van der Waals surface area contributed by atoms with Gasteiger partial charge in [0, 0.05) is 18.0 Å². The maximum atomic E-state index is 13.6. The van der Waals surface area contributed by atoms with Gasteiger partial charge in [-0.3, -0.25) is 5.10 Å². The van der Waals surface area contributed by atoms with Crippen LogP contribution in [0.15, 0.2) is 24.4 Å². The molecule has 1 aromatic carbocycles. The quantitative estimate of drug-likeness (QED) is 0.779. The highest BCUT2D eigenvalue weighted by atomic mass is 19.1. The molecule has 0 saturated heterocycles. The minimum atomic E-state index is -0.811. The minimum absolute atomic E-state index is 0.0356. The van der Waals surface area contributed by atoms with Gasteiger partial charge in [0.1, 0.15) is 5.82 Å². The monoisotopic (exact) mass is 304 g/mol. The minimum Gasteiger partial charge on any atom is -0.421 e.